The number of hydroxylamine groups is 2. The van der Waals surface area contributed by atoms with Gasteiger partial charge in [0.2, 0.25) is 0 Å². The van der Waals surface area contributed by atoms with E-state index in [-0.39, 0.29) is 12.5 Å². The summed E-state index contributed by atoms with van der Waals surface area (Å²) in [6.45, 7) is -0.258. The number of nitrogens with zero attached hydrogens (tertiary/aromatic N) is 2. The van der Waals surface area contributed by atoms with Crippen LogP contribution in [0.25, 0.3) is 0 Å². The summed E-state index contributed by atoms with van der Waals surface area (Å²) in [4.78, 5) is 35.9. The molecule has 1 aromatic carbocycles. The van der Waals surface area contributed by atoms with Gasteiger partial charge in [0.25, 0.3) is 18.2 Å². The molecule has 0 radical (unpaired) electrons. The Hall–Kier alpha value is -2.50. The van der Waals surface area contributed by atoms with Gasteiger partial charge >= 0.3 is 6.16 Å². The molecule has 0 aliphatic carbocycles. The van der Waals surface area contributed by atoms with Crippen LogP contribution in [0.1, 0.15) is 0 Å². The van der Waals surface area contributed by atoms with E-state index in [1.165, 1.54) is 11.8 Å². The lowest BCUT2D eigenvalue weighted by Gasteiger charge is -2.53. The van der Waals surface area contributed by atoms with Gasteiger partial charge in [0.05, 0.1) is 5.88 Å². The molecular formula is C14H15N3O7S. The van der Waals surface area contributed by atoms with Crippen molar-refractivity contribution in [3.63, 3.8) is 0 Å². The lowest BCUT2D eigenvalue weighted by Crippen LogP contribution is -2.76. The first-order valence-electron chi connectivity index (χ1n) is 7.23. The Morgan fingerprint density at radius 3 is 2.72 bits per heavy atom. The topological polar surface area (TPSA) is 129 Å². The number of hydrogen-bond acceptors (Lipinski definition) is 8. The summed E-state index contributed by atoms with van der Waals surface area (Å²) < 4.78 is 9.82. The van der Waals surface area contributed by atoms with Crippen LogP contribution in [0.15, 0.2) is 30.3 Å². The van der Waals surface area contributed by atoms with Crippen LogP contribution in [0.2, 0.25) is 0 Å². The predicted molar refractivity (Wildman–Crippen MR) is 83.5 cm³/mol. The number of hydrogen-bond donors (Lipinski definition) is 3. The third kappa shape index (κ3) is 3.62. The van der Waals surface area contributed by atoms with E-state index in [1.807, 2.05) is 6.07 Å². The van der Waals surface area contributed by atoms with Crippen LogP contribution in [0.4, 0.5) is 4.79 Å². The molecule has 2 saturated heterocycles. The van der Waals surface area contributed by atoms with E-state index in [1.54, 1.807) is 24.3 Å². The Morgan fingerprint density at radius 2 is 2.04 bits per heavy atom. The minimum atomic E-state index is -1.62. The predicted octanol–water partition coefficient (Wildman–Crippen LogP) is 0.0922. The highest BCUT2D eigenvalue weighted by Crippen LogP contribution is 2.37. The molecule has 2 aliphatic rings. The van der Waals surface area contributed by atoms with Gasteiger partial charge in [-0.1, -0.05) is 18.2 Å². The number of thioether (sulfide) groups is 1. The summed E-state index contributed by atoms with van der Waals surface area (Å²) in [6.07, 6.45) is -3.05. The normalized spacial score (nSPS) is 25.6. The molecule has 0 spiro atoms. The summed E-state index contributed by atoms with van der Waals surface area (Å²) in [6, 6.07) is 7.92. The molecule has 0 saturated carbocycles. The number of benzene rings is 1. The molecule has 3 rings (SSSR count). The number of carboxylic acid groups (broad SMARTS) is 1. The van der Waals surface area contributed by atoms with Gasteiger partial charge in [-0.2, -0.15) is 0 Å². The molecule has 134 valence electrons. The SMILES string of the molecule is O=C(COc1ccccc1)NC1C(=O)N2C1SCN(O)C2OC(=O)O. The first-order valence-corrected chi connectivity index (χ1v) is 8.28. The average molecular weight is 369 g/mol. The Morgan fingerprint density at radius 1 is 1.32 bits per heavy atom. The second-order valence-electron chi connectivity index (χ2n) is 5.23. The van der Waals surface area contributed by atoms with E-state index in [4.69, 9.17) is 9.84 Å². The molecule has 1 aromatic rings. The molecule has 3 atom stereocenters. The van der Waals surface area contributed by atoms with Gasteiger partial charge < -0.3 is 25.1 Å². The van der Waals surface area contributed by atoms with Gasteiger partial charge in [-0.3, -0.25) is 14.5 Å². The highest BCUT2D eigenvalue weighted by molar-refractivity contribution is 8.00. The van der Waals surface area contributed by atoms with Crippen LogP contribution in [-0.4, -0.2) is 68.5 Å². The van der Waals surface area contributed by atoms with Crippen molar-refractivity contribution >= 4 is 29.7 Å². The highest BCUT2D eigenvalue weighted by atomic mass is 32.2. The quantitative estimate of drug-likeness (QED) is 0.488. The van der Waals surface area contributed by atoms with Gasteiger partial charge in [-0.15, -0.1) is 16.8 Å². The van der Waals surface area contributed by atoms with Gasteiger partial charge in [0, 0.05) is 0 Å². The third-order valence-corrected chi connectivity index (χ3v) is 4.84. The van der Waals surface area contributed by atoms with E-state index >= 15 is 0 Å². The molecule has 25 heavy (non-hydrogen) atoms. The van der Waals surface area contributed by atoms with E-state index in [0.29, 0.717) is 10.8 Å². The van der Waals surface area contributed by atoms with Crippen molar-refractivity contribution in [1.29, 1.82) is 0 Å². The third-order valence-electron chi connectivity index (χ3n) is 3.59. The number of nitrogens with one attached hydrogen (secondary N) is 1. The molecule has 3 N–H and O–H groups in total. The molecule has 3 unspecified atom stereocenters. The maximum Gasteiger partial charge on any atom is 0.508 e. The summed E-state index contributed by atoms with van der Waals surface area (Å²) in [7, 11) is 0. The minimum Gasteiger partial charge on any atom is -0.484 e. The number of ether oxygens (including phenoxy) is 2. The number of carbonyl (C=O) groups excluding carboxylic acids is 2. The fraction of sp³-hybridized carbons (Fsp3) is 0.357. The van der Waals surface area contributed by atoms with Crippen molar-refractivity contribution < 1.29 is 34.2 Å². The second kappa shape index (κ2) is 7.17. The van der Waals surface area contributed by atoms with E-state index in [2.05, 4.69) is 10.1 Å². The molecule has 2 amide bonds. The van der Waals surface area contributed by atoms with Crippen molar-refractivity contribution in [3.05, 3.63) is 30.3 Å². The molecule has 10 nitrogen and oxygen atoms in total. The zero-order chi connectivity index (χ0) is 18.0. The molecule has 2 heterocycles. The summed E-state index contributed by atoms with van der Waals surface area (Å²) >= 11 is 1.17. The lowest BCUT2D eigenvalue weighted by atomic mass is 10.1. The van der Waals surface area contributed by atoms with Crippen molar-refractivity contribution in [2.45, 2.75) is 17.8 Å². The Kier molecular flexibility index (Phi) is 4.97. The van der Waals surface area contributed by atoms with Crippen LogP contribution >= 0.6 is 11.8 Å². The molecule has 0 bridgehead atoms. The molecule has 0 aromatic heterocycles. The zero-order valence-electron chi connectivity index (χ0n) is 12.8. The number of fused-ring (bicyclic) bond motifs is 1. The zero-order valence-corrected chi connectivity index (χ0v) is 13.6. The number of amides is 2. The van der Waals surface area contributed by atoms with Gasteiger partial charge in [-0.05, 0) is 12.1 Å². The van der Waals surface area contributed by atoms with Crippen LogP contribution in [0.3, 0.4) is 0 Å². The van der Waals surface area contributed by atoms with Gasteiger partial charge in [0.1, 0.15) is 17.2 Å². The molecule has 2 aliphatic heterocycles. The molecular weight excluding hydrogens is 354 g/mol. The standard InChI is InChI=1S/C14H15N3O7S/c18-9(6-23-8-4-2-1-3-5-8)15-10-11(19)17-12(10)25-7-16(22)13(17)24-14(20)21/h1-5,10,12-13,22H,6-7H2,(H,15,18)(H,20,21). The number of rotatable bonds is 5. The van der Waals surface area contributed by atoms with Crippen molar-refractivity contribution in [1.82, 2.24) is 15.3 Å². The second-order valence-corrected chi connectivity index (χ2v) is 6.30. The molecule has 2 fully saturated rings. The highest BCUT2D eigenvalue weighted by Gasteiger charge is 2.57. The van der Waals surface area contributed by atoms with E-state index in [0.717, 1.165) is 4.90 Å². The maximum absolute atomic E-state index is 12.2. The van der Waals surface area contributed by atoms with Gasteiger partial charge in [-0.25, -0.2) is 4.79 Å². The Bertz CT molecular complexity index is 674. The molecule has 11 heteroatoms. The van der Waals surface area contributed by atoms with Crippen molar-refractivity contribution in [3.8, 4) is 5.75 Å². The first kappa shape index (κ1) is 17.3. The van der Waals surface area contributed by atoms with Crippen LogP contribution in [-0.2, 0) is 14.3 Å². The average Bonchev–Trinajstić information content (AvgIpc) is 2.60. The van der Waals surface area contributed by atoms with Crippen LogP contribution in [0.5, 0.6) is 5.75 Å². The Balaban J connectivity index is 1.55. The maximum atomic E-state index is 12.2. The van der Waals surface area contributed by atoms with E-state index < -0.39 is 35.7 Å². The van der Waals surface area contributed by atoms with Crippen LogP contribution < -0.4 is 10.1 Å². The van der Waals surface area contributed by atoms with Crippen molar-refractivity contribution in [2.24, 2.45) is 0 Å². The number of para-hydroxylation sites is 1. The number of carbonyl (C=O) groups is 3. The lowest BCUT2D eigenvalue weighted by molar-refractivity contribution is -0.261. The van der Waals surface area contributed by atoms with Gasteiger partial charge in [0.15, 0.2) is 6.61 Å². The summed E-state index contributed by atoms with van der Waals surface area (Å²) in [5.74, 6) is -0.475. The van der Waals surface area contributed by atoms with Crippen molar-refractivity contribution in [2.75, 3.05) is 12.5 Å². The smallest absolute Gasteiger partial charge is 0.484 e. The van der Waals surface area contributed by atoms with Crippen LogP contribution in [0, 0.1) is 0 Å². The summed E-state index contributed by atoms with van der Waals surface area (Å²) in [5, 5.41) is 21.0. The largest absolute Gasteiger partial charge is 0.508 e. The summed E-state index contributed by atoms with van der Waals surface area (Å²) in [5.41, 5.74) is 0. The minimum absolute atomic E-state index is 0.0271. The fourth-order valence-corrected chi connectivity index (χ4v) is 3.66. The monoisotopic (exact) mass is 369 g/mol. The Labute approximate surface area is 146 Å². The fourth-order valence-electron chi connectivity index (χ4n) is 2.48. The van der Waals surface area contributed by atoms with E-state index in [9.17, 15) is 19.6 Å². The first-order chi connectivity index (χ1) is 12.0. The number of β-lactam (4-membered cyclic amide) rings is 1.